The van der Waals surface area contributed by atoms with E-state index in [0.717, 1.165) is 27.5 Å². The van der Waals surface area contributed by atoms with Crippen molar-refractivity contribution in [3.8, 4) is 0 Å². The molecule has 2 nitrogen and oxygen atoms in total. The normalized spacial score (nSPS) is 11.9. The highest BCUT2D eigenvalue weighted by Gasteiger charge is 2.10. The predicted octanol–water partition coefficient (Wildman–Crippen LogP) is 5.43. The van der Waals surface area contributed by atoms with Crippen molar-refractivity contribution >= 4 is 64.4 Å². The number of hydrogen-bond acceptors (Lipinski definition) is 6. The summed E-state index contributed by atoms with van der Waals surface area (Å²) in [5.74, 6) is 0. The molecular weight excluding hydrogens is 324 g/mol. The molecule has 4 heterocycles. The van der Waals surface area contributed by atoms with Gasteiger partial charge in [-0.25, -0.2) is 9.97 Å². The van der Waals surface area contributed by atoms with E-state index in [-0.39, 0.29) is 0 Å². The fraction of sp³-hybridized carbons (Fsp3) is 0.286. The zero-order valence-electron chi connectivity index (χ0n) is 11.1. The third kappa shape index (κ3) is 2.30. The van der Waals surface area contributed by atoms with Crippen molar-refractivity contribution in [1.29, 1.82) is 0 Å². The summed E-state index contributed by atoms with van der Waals surface area (Å²) in [6.07, 6.45) is 2.12. The fourth-order valence-corrected chi connectivity index (χ4v) is 6.54. The molecule has 0 saturated carbocycles. The maximum Gasteiger partial charge on any atom is 0.155 e. The fourth-order valence-electron chi connectivity index (χ4n) is 2.25. The molecule has 0 atom stereocenters. The Kier molecular flexibility index (Phi) is 3.14. The second-order valence-electron chi connectivity index (χ2n) is 4.75. The van der Waals surface area contributed by atoms with Gasteiger partial charge in [0.05, 0.1) is 10.0 Å². The Morgan fingerprint density at radius 1 is 0.850 bits per heavy atom. The minimum Gasteiger partial charge on any atom is -0.229 e. The first-order chi connectivity index (χ1) is 9.67. The van der Waals surface area contributed by atoms with Crippen LogP contribution >= 0.6 is 45.3 Å². The minimum absolute atomic E-state index is 1.03. The van der Waals surface area contributed by atoms with Gasteiger partial charge in [-0.3, -0.25) is 0 Å². The number of nitrogens with zero attached hydrogens (tertiary/aromatic N) is 2. The minimum atomic E-state index is 1.03. The summed E-state index contributed by atoms with van der Waals surface area (Å²) in [5.41, 5.74) is 0. The molecular formula is C14H12N2S4. The highest BCUT2D eigenvalue weighted by molar-refractivity contribution is 7.28. The zero-order valence-corrected chi connectivity index (χ0v) is 14.4. The molecule has 6 heteroatoms. The molecule has 0 bridgehead atoms. The quantitative estimate of drug-likeness (QED) is 0.498. The molecule has 0 aliphatic carbocycles. The molecule has 0 fully saturated rings. The maximum atomic E-state index is 4.69. The smallest absolute Gasteiger partial charge is 0.155 e. The lowest BCUT2D eigenvalue weighted by Gasteiger charge is -1.93. The number of rotatable bonds is 3. The van der Waals surface area contributed by atoms with Crippen molar-refractivity contribution in [3.05, 3.63) is 31.9 Å². The molecule has 0 unspecified atom stereocenters. The number of aryl methyl sites for hydroxylation is 4. The molecule has 0 spiro atoms. The van der Waals surface area contributed by atoms with E-state index in [1.807, 2.05) is 29.6 Å². The van der Waals surface area contributed by atoms with Crippen LogP contribution in [0.15, 0.2) is 12.1 Å². The molecule has 4 rings (SSSR count). The average molecular weight is 337 g/mol. The molecule has 0 aliphatic heterocycles. The standard InChI is InChI=1S/C14H12N2S4/c1-7-5-10-11(17-7)6-9(19-10)3-4-12-16-14-13(20-12)15-8(2)18-14/h5-6H,3-4H2,1-2H3. The Morgan fingerprint density at radius 3 is 2.45 bits per heavy atom. The summed E-state index contributed by atoms with van der Waals surface area (Å²) in [6.45, 7) is 4.22. The van der Waals surface area contributed by atoms with Gasteiger partial charge in [0, 0.05) is 25.6 Å². The van der Waals surface area contributed by atoms with Crippen LogP contribution in [-0.4, -0.2) is 9.97 Å². The van der Waals surface area contributed by atoms with Gasteiger partial charge in [0.25, 0.3) is 0 Å². The molecule has 0 N–H and O–H groups in total. The monoisotopic (exact) mass is 336 g/mol. The zero-order chi connectivity index (χ0) is 13.7. The van der Waals surface area contributed by atoms with Gasteiger partial charge >= 0.3 is 0 Å². The third-order valence-electron chi connectivity index (χ3n) is 3.09. The van der Waals surface area contributed by atoms with Crippen molar-refractivity contribution in [2.24, 2.45) is 0 Å². The van der Waals surface area contributed by atoms with Crippen molar-refractivity contribution in [2.45, 2.75) is 26.7 Å². The molecule has 4 aromatic rings. The molecule has 0 saturated heterocycles. The lowest BCUT2D eigenvalue weighted by molar-refractivity contribution is 0.970. The maximum absolute atomic E-state index is 4.69. The topological polar surface area (TPSA) is 25.8 Å². The average Bonchev–Trinajstić information content (AvgIpc) is 3.04. The lowest BCUT2D eigenvalue weighted by Crippen LogP contribution is -1.86. The van der Waals surface area contributed by atoms with Crippen LogP contribution in [0.3, 0.4) is 0 Å². The van der Waals surface area contributed by atoms with Gasteiger partial charge in [-0.1, -0.05) is 22.7 Å². The number of thiazole rings is 2. The van der Waals surface area contributed by atoms with E-state index in [1.165, 1.54) is 24.2 Å². The van der Waals surface area contributed by atoms with Crippen LogP contribution in [0, 0.1) is 13.8 Å². The van der Waals surface area contributed by atoms with E-state index in [4.69, 9.17) is 0 Å². The lowest BCUT2D eigenvalue weighted by atomic mass is 10.3. The largest absolute Gasteiger partial charge is 0.229 e. The molecule has 4 aromatic heterocycles. The first-order valence-electron chi connectivity index (χ1n) is 6.39. The van der Waals surface area contributed by atoms with Gasteiger partial charge < -0.3 is 0 Å². The molecule has 0 aliphatic rings. The van der Waals surface area contributed by atoms with Crippen LogP contribution in [0.4, 0.5) is 0 Å². The molecule has 102 valence electrons. The van der Waals surface area contributed by atoms with Crippen LogP contribution in [0.2, 0.25) is 0 Å². The van der Waals surface area contributed by atoms with Gasteiger partial charge in [0.15, 0.2) is 9.66 Å². The summed E-state index contributed by atoms with van der Waals surface area (Å²) >= 11 is 7.25. The highest BCUT2D eigenvalue weighted by Crippen LogP contribution is 2.34. The summed E-state index contributed by atoms with van der Waals surface area (Å²) in [5, 5.41) is 2.32. The van der Waals surface area contributed by atoms with Crippen molar-refractivity contribution in [2.75, 3.05) is 0 Å². The molecule has 0 aromatic carbocycles. The number of hydrogen-bond donors (Lipinski definition) is 0. The predicted molar refractivity (Wildman–Crippen MR) is 91.9 cm³/mol. The third-order valence-corrected chi connectivity index (χ3v) is 7.37. The first kappa shape index (κ1) is 12.9. The Balaban J connectivity index is 1.53. The van der Waals surface area contributed by atoms with Gasteiger partial charge in [0.1, 0.15) is 0 Å². The van der Waals surface area contributed by atoms with E-state index >= 15 is 0 Å². The van der Waals surface area contributed by atoms with Gasteiger partial charge in [-0.2, -0.15) is 0 Å². The summed E-state index contributed by atoms with van der Waals surface area (Å²) in [4.78, 5) is 14.3. The number of thiophene rings is 2. The van der Waals surface area contributed by atoms with E-state index in [9.17, 15) is 0 Å². The van der Waals surface area contributed by atoms with E-state index in [0.29, 0.717) is 0 Å². The van der Waals surface area contributed by atoms with Gasteiger partial charge in [-0.05, 0) is 32.4 Å². The Bertz CT molecular complexity index is 755. The second kappa shape index (κ2) is 4.87. The SMILES string of the molecule is Cc1cc2sc(CCc3nc4sc(C)nc4s3)cc2s1. The van der Waals surface area contributed by atoms with Crippen molar-refractivity contribution < 1.29 is 0 Å². The van der Waals surface area contributed by atoms with Gasteiger partial charge in [-0.15, -0.1) is 22.7 Å². The van der Waals surface area contributed by atoms with Crippen LogP contribution in [0.5, 0.6) is 0 Å². The number of fused-ring (bicyclic) bond motifs is 2. The molecule has 20 heavy (non-hydrogen) atoms. The number of aromatic nitrogens is 2. The first-order valence-corrected chi connectivity index (χ1v) is 9.66. The Morgan fingerprint density at radius 2 is 1.65 bits per heavy atom. The summed E-state index contributed by atoms with van der Waals surface area (Å²) in [6, 6.07) is 4.64. The van der Waals surface area contributed by atoms with Crippen molar-refractivity contribution in [3.63, 3.8) is 0 Å². The van der Waals surface area contributed by atoms with E-state index in [1.54, 1.807) is 22.7 Å². The molecule has 0 radical (unpaired) electrons. The summed E-state index contributed by atoms with van der Waals surface area (Å²) < 4.78 is 2.86. The van der Waals surface area contributed by atoms with Crippen molar-refractivity contribution in [1.82, 2.24) is 9.97 Å². The molecule has 0 amide bonds. The Labute approximate surface area is 132 Å². The van der Waals surface area contributed by atoms with E-state index < -0.39 is 0 Å². The van der Waals surface area contributed by atoms with Crippen LogP contribution in [-0.2, 0) is 12.8 Å². The Hall–Kier alpha value is -0.820. The van der Waals surface area contributed by atoms with Crippen LogP contribution in [0.25, 0.3) is 19.1 Å². The summed E-state index contributed by atoms with van der Waals surface area (Å²) in [7, 11) is 0. The highest BCUT2D eigenvalue weighted by atomic mass is 32.1. The van der Waals surface area contributed by atoms with Gasteiger partial charge in [0.2, 0.25) is 0 Å². The van der Waals surface area contributed by atoms with Crippen LogP contribution in [0.1, 0.15) is 19.8 Å². The second-order valence-corrected chi connectivity index (χ2v) is 9.45. The van der Waals surface area contributed by atoms with E-state index in [2.05, 4.69) is 29.0 Å². The van der Waals surface area contributed by atoms with Crippen LogP contribution < -0.4 is 0 Å².